The average Bonchev–Trinajstić information content (AvgIpc) is 2.28. The third-order valence-electron chi connectivity index (χ3n) is 2.25. The summed E-state index contributed by atoms with van der Waals surface area (Å²) in [5.41, 5.74) is 0.329. The van der Waals surface area contributed by atoms with Crippen LogP contribution in [0.1, 0.15) is 50.9 Å². The Morgan fingerprint density at radius 2 is 1.78 bits per heavy atom. The lowest BCUT2D eigenvalue weighted by atomic mass is 10.1. The van der Waals surface area contributed by atoms with Crippen LogP contribution < -0.4 is 4.74 Å². The van der Waals surface area contributed by atoms with Gasteiger partial charge in [-0.25, -0.2) is 4.79 Å². The van der Waals surface area contributed by atoms with Gasteiger partial charge < -0.3 is 9.47 Å². The van der Waals surface area contributed by atoms with E-state index in [1.807, 2.05) is 20.8 Å². The van der Waals surface area contributed by atoms with Crippen molar-refractivity contribution in [2.45, 2.75) is 46.1 Å². The Morgan fingerprint density at radius 1 is 1.17 bits per heavy atom. The van der Waals surface area contributed by atoms with Crippen molar-refractivity contribution in [2.75, 3.05) is 6.61 Å². The third-order valence-corrected chi connectivity index (χ3v) is 2.25. The first kappa shape index (κ1) is 14.6. The molecule has 100 valence electrons. The Kier molecular flexibility index (Phi) is 5.20. The molecule has 0 unspecified atom stereocenters. The van der Waals surface area contributed by atoms with Gasteiger partial charge in [-0.2, -0.15) is 0 Å². The molecule has 0 saturated carbocycles. The van der Waals surface area contributed by atoms with Gasteiger partial charge >= 0.3 is 5.97 Å². The zero-order valence-electron chi connectivity index (χ0n) is 11.7. The van der Waals surface area contributed by atoms with Crippen LogP contribution >= 0.6 is 0 Å². The van der Waals surface area contributed by atoms with Crippen LogP contribution in [0.3, 0.4) is 0 Å². The number of hydrogen-bond acceptors (Lipinski definition) is 3. The van der Waals surface area contributed by atoms with Gasteiger partial charge in [0.2, 0.25) is 0 Å². The van der Waals surface area contributed by atoms with Gasteiger partial charge in [0.05, 0.1) is 12.2 Å². The van der Waals surface area contributed by atoms with E-state index in [0.29, 0.717) is 12.2 Å². The van der Waals surface area contributed by atoms with Crippen molar-refractivity contribution in [2.24, 2.45) is 0 Å². The van der Waals surface area contributed by atoms with E-state index in [9.17, 15) is 4.79 Å². The standard InChI is InChI=1S/C15H22O3/c1-5-6-11-17-14(16)12-7-9-13(10-8-12)18-15(2,3)4/h7-10H,5-6,11H2,1-4H3. The fourth-order valence-electron chi connectivity index (χ4n) is 1.41. The van der Waals surface area contributed by atoms with E-state index in [0.717, 1.165) is 18.6 Å². The number of carbonyl (C=O) groups is 1. The molecule has 0 radical (unpaired) electrons. The fraction of sp³-hybridized carbons (Fsp3) is 0.533. The zero-order chi connectivity index (χ0) is 13.6. The summed E-state index contributed by atoms with van der Waals surface area (Å²) in [4.78, 5) is 11.7. The van der Waals surface area contributed by atoms with Gasteiger partial charge in [0.15, 0.2) is 0 Å². The van der Waals surface area contributed by atoms with Crippen LogP contribution in [-0.2, 0) is 4.74 Å². The van der Waals surface area contributed by atoms with Crippen molar-refractivity contribution in [3.05, 3.63) is 29.8 Å². The molecule has 0 heterocycles. The maximum atomic E-state index is 11.7. The minimum Gasteiger partial charge on any atom is -0.488 e. The number of hydrogen-bond donors (Lipinski definition) is 0. The molecular weight excluding hydrogens is 228 g/mol. The summed E-state index contributed by atoms with van der Waals surface area (Å²) in [5, 5.41) is 0. The summed E-state index contributed by atoms with van der Waals surface area (Å²) < 4.78 is 10.8. The second kappa shape index (κ2) is 6.43. The highest BCUT2D eigenvalue weighted by atomic mass is 16.5. The smallest absolute Gasteiger partial charge is 0.338 e. The van der Waals surface area contributed by atoms with Crippen molar-refractivity contribution >= 4 is 5.97 Å². The number of carbonyl (C=O) groups excluding carboxylic acids is 1. The first-order chi connectivity index (χ1) is 8.42. The largest absolute Gasteiger partial charge is 0.488 e. The van der Waals surface area contributed by atoms with Gasteiger partial charge in [0.25, 0.3) is 0 Å². The quantitative estimate of drug-likeness (QED) is 0.588. The topological polar surface area (TPSA) is 35.5 Å². The maximum absolute atomic E-state index is 11.7. The summed E-state index contributed by atoms with van der Waals surface area (Å²) in [5.74, 6) is 0.485. The predicted octanol–water partition coefficient (Wildman–Crippen LogP) is 3.82. The highest BCUT2D eigenvalue weighted by molar-refractivity contribution is 5.89. The van der Waals surface area contributed by atoms with Crippen LogP contribution in [-0.4, -0.2) is 18.2 Å². The Labute approximate surface area is 109 Å². The average molecular weight is 250 g/mol. The van der Waals surface area contributed by atoms with E-state index >= 15 is 0 Å². The molecule has 0 atom stereocenters. The van der Waals surface area contributed by atoms with Crippen LogP contribution in [0.4, 0.5) is 0 Å². The Hall–Kier alpha value is -1.51. The number of rotatable bonds is 5. The Morgan fingerprint density at radius 3 is 2.28 bits per heavy atom. The summed E-state index contributed by atoms with van der Waals surface area (Å²) in [7, 11) is 0. The van der Waals surface area contributed by atoms with Crippen molar-refractivity contribution in [1.29, 1.82) is 0 Å². The lowest BCUT2D eigenvalue weighted by Gasteiger charge is -2.21. The molecule has 0 aliphatic heterocycles. The molecule has 0 N–H and O–H groups in total. The summed E-state index contributed by atoms with van der Waals surface area (Å²) in [6, 6.07) is 7.05. The predicted molar refractivity (Wildman–Crippen MR) is 72.0 cm³/mol. The summed E-state index contributed by atoms with van der Waals surface area (Å²) >= 11 is 0. The van der Waals surface area contributed by atoms with E-state index in [2.05, 4.69) is 6.92 Å². The van der Waals surface area contributed by atoms with Crippen molar-refractivity contribution in [1.82, 2.24) is 0 Å². The number of ether oxygens (including phenoxy) is 2. The maximum Gasteiger partial charge on any atom is 0.338 e. The van der Waals surface area contributed by atoms with Gasteiger partial charge in [-0.1, -0.05) is 13.3 Å². The van der Waals surface area contributed by atoms with Crippen molar-refractivity contribution in [3.8, 4) is 5.75 Å². The minimum atomic E-state index is -0.272. The highest BCUT2D eigenvalue weighted by Gasteiger charge is 2.12. The third kappa shape index (κ3) is 5.21. The molecule has 1 rings (SSSR count). The minimum absolute atomic E-state index is 0.233. The molecule has 0 fully saturated rings. The van der Waals surface area contributed by atoms with Crippen LogP contribution in [0.15, 0.2) is 24.3 Å². The molecule has 0 amide bonds. The summed E-state index contributed by atoms with van der Waals surface area (Å²) in [6.07, 6.45) is 1.92. The molecule has 1 aromatic rings. The van der Waals surface area contributed by atoms with E-state index in [4.69, 9.17) is 9.47 Å². The zero-order valence-corrected chi connectivity index (χ0v) is 11.7. The second-order valence-corrected chi connectivity index (χ2v) is 5.23. The van der Waals surface area contributed by atoms with Crippen LogP contribution in [0, 0.1) is 0 Å². The SMILES string of the molecule is CCCCOC(=O)c1ccc(OC(C)(C)C)cc1. The Balaban J connectivity index is 2.57. The molecular formula is C15H22O3. The molecule has 1 aromatic carbocycles. The number of esters is 1. The van der Waals surface area contributed by atoms with E-state index in [1.165, 1.54) is 0 Å². The van der Waals surface area contributed by atoms with E-state index in [-0.39, 0.29) is 11.6 Å². The van der Waals surface area contributed by atoms with E-state index in [1.54, 1.807) is 24.3 Å². The van der Waals surface area contributed by atoms with Gasteiger partial charge in [-0.15, -0.1) is 0 Å². The summed E-state index contributed by atoms with van der Waals surface area (Å²) in [6.45, 7) is 8.50. The molecule has 0 spiro atoms. The first-order valence-corrected chi connectivity index (χ1v) is 6.38. The van der Waals surface area contributed by atoms with Crippen molar-refractivity contribution < 1.29 is 14.3 Å². The second-order valence-electron chi connectivity index (χ2n) is 5.23. The lowest BCUT2D eigenvalue weighted by Crippen LogP contribution is -2.22. The molecule has 3 nitrogen and oxygen atoms in total. The van der Waals surface area contributed by atoms with Gasteiger partial charge in [0, 0.05) is 0 Å². The molecule has 0 aliphatic carbocycles. The number of benzene rings is 1. The van der Waals surface area contributed by atoms with E-state index < -0.39 is 0 Å². The normalized spacial score (nSPS) is 11.1. The molecule has 0 saturated heterocycles. The molecule has 3 heteroatoms. The molecule has 18 heavy (non-hydrogen) atoms. The first-order valence-electron chi connectivity index (χ1n) is 6.38. The van der Waals surface area contributed by atoms with Crippen LogP contribution in [0.2, 0.25) is 0 Å². The van der Waals surface area contributed by atoms with Gasteiger partial charge in [0.1, 0.15) is 11.4 Å². The van der Waals surface area contributed by atoms with Gasteiger partial charge in [-0.3, -0.25) is 0 Å². The fourth-order valence-corrected chi connectivity index (χ4v) is 1.41. The highest BCUT2D eigenvalue weighted by Crippen LogP contribution is 2.18. The van der Waals surface area contributed by atoms with Gasteiger partial charge in [-0.05, 0) is 51.5 Å². The van der Waals surface area contributed by atoms with Crippen molar-refractivity contribution in [3.63, 3.8) is 0 Å². The lowest BCUT2D eigenvalue weighted by molar-refractivity contribution is 0.0499. The monoisotopic (exact) mass is 250 g/mol. The molecule has 0 aliphatic rings. The van der Waals surface area contributed by atoms with Crippen LogP contribution in [0.5, 0.6) is 5.75 Å². The van der Waals surface area contributed by atoms with Crippen LogP contribution in [0.25, 0.3) is 0 Å². The molecule has 0 aromatic heterocycles. The molecule has 0 bridgehead atoms. The Bertz CT molecular complexity index is 374. The number of unbranched alkanes of at least 4 members (excludes halogenated alkanes) is 1.